The first-order valence-corrected chi connectivity index (χ1v) is 5.09. The first kappa shape index (κ1) is 8.77. The van der Waals surface area contributed by atoms with E-state index in [0.29, 0.717) is 6.10 Å². The van der Waals surface area contributed by atoms with Crippen molar-refractivity contribution >= 4 is 0 Å². The van der Waals surface area contributed by atoms with Crippen LogP contribution in [0.4, 0.5) is 0 Å². The number of nitriles is 1. The highest BCUT2D eigenvalue weighted by Crippen LogP contribution is 2.30. The van der Waals surface area contributed by atoms with Crippen LogP contribution in [0.2, 0.25) is 0 Å². The van der Waals surface area contributed by atoms with Crippen LogP contribution in [0.5, 0.6) is 0 Å². The Bertz CT molecular complexity index is 247. The monoisotopic (exact) mass is 177 g/mol. The van der Waals surface area contributed by atoms with Gasteiger partial charge in [0.25, 0.3) is 0 Å². The Balaban J connectivity index is 1.74. The third kappa shape index (κ3) is 2.57. The average molecular weight is 177 g/mol. The minimum absolute atomic E-state index is 0.320. The fourth-order valence-electron chi connectivity index (χ4n) is 1.66. The second kappa shape index (κ2) is 3.93. The Morgan fingerprint density at radius 1 is 1.46 bits per heavy atom. The van der Waals surface area contributed by atoms with E-state index in [1.165, 1.54) is 12.8 Å². The molecule has 2 aliphatic carbocycles. The van der Waals surface area contributed by atoms with E-state index >= 15 is 0 Å². The predicted molar refractivity (Wildman–Crippen MR) is 50.0 cm³/mol. The van der Waals surface area contributed by atoms with Gasteiger partial charge < -0.3 is 4.74 Å². The third-order valence-corrected chi connectivity index (χ3v) is 2.74. The maximum atomic E-state index is 8.72. The van der Waals surface area contributed by atoms with Crippen LogP contribution >= 0.6 is 0 Å². The van der Waals surface area contributed by atoms with E-state index in [4.69, 9.17) is 10.00 Å². The molecule has 0 saturated heterocycles. The lowest BCUT2D eigenvalue weighted by atomic mass is 9.98. The summed E-state index contributed by atoms with van der Waals surface area (Å²) in [5.41, 5.74) is 0.909. The molecule has 1 atom stereocenters. The van der Waals surface area contributed by atoms with Gasteiger partial charge in [-0.15, -0.1) is 0 Å². The summed E-state index contributed by atoms with van der Waals surface area (Å²) >= 11 is 0. The van der Waals surface area contributed by atoms with Crippen molar-refractivity contribution in [2.24, 2.45) is 5.92 Å². The van der Waals surface area contributed by atoms with Crippen molar-refractivity contribution in [1.29, 1.82) is 5.26 Å². The number of nitrogens with zero attached hydrogens (tertiary/aromatic N) is 1. The molecule has 2 heteroatoms. The van der Waals surface area contributed by atoms with E-state index in [0.717, 1.165) is 37.4 Å². The highest BCUT2D eigenvalue weighted by molar-refractivity contribution is 5.23. The molecule has 2 aliphatic rings. The van der Waals surface area contributed by atoms with Crippen LogP contribution in [0, 0.1) is 17.2 Å². The molecule has 2 nitrogen and oxygen atoms in total. The van der Waals surface area contributed by atoms with E-state index in [1.54, 1.807) is 0 Å². The summed E-state index contributed by atoms with van der Waals surface area (Å²) in [6, 6.07) is 2.22. The molecule has 0 aromatic rings. The van der Waals surface area contributed by atoms with Gasteiger partial charge in [0, 0.05) is 18.6 Å². The first-order chi connectivity index (χ1) is 6.38. The number of ether oxygens (including phenoxy) is 1. The molecule has 0 aromatic carbocycles. The Morgan fingerprint density at radius 3 is 3.00 bits per heavy atom. The molecular weight excluding hydrogens is 162 g/mol. The van der Waals surface area contributed by atoms with Gasteiger partial charge in [-0.05, 0) is 31.6 Å². The fourth-order valence-corrected chi connectivity index (χ4v) is 1.66. The standard InChI is InChI=1S/C11H15NO/c12-7-10-2-1-3-11(6-10)13-8-9-4-5-9/h2,9,11H,1,3-6,8H2/t11-/m0/s1. The van der Waals surface area contributed by atoms with Crippen LogP contribution in [-0.2, 0) is 4.74 Å². The Labute approximate surface area is 79.2 Å². The molecule has 2 rings (SSSR count). The minimum Gasteiger partial charge on any atom is -0.378 e. The molecule has 1 fully saturated rings. The van der Waals surface area contributed by atoms with Gasteiger partial charge in [0.05, 0.1) is 12.2 Å². The molecule has 0 heterocycles. The van der Waals surface area contributed by atoms with Gasteiger partial charge in [-0.1, -0.05) is 6.08 Å². The van der Waals surface area contributed by atoms with Crippen molar-refractivity contribution in [2.45, 2.75) is 38.2 Å². The molecule has 0 N–H and O–H groups in total. The first-order valence-electron chi connectivity index (χ1n) is 5.09. The van der Waals surface area contributed by atoms with Crippen LogP contribution in [-0.4, -0.2) is 12.7 Å². The minimum atomic E-state index is 0.320. The van der Waals surface area contributed by atoms with Gasteiger partial charge in [-0.2, -0.15) is 5.26 Å². The number of allylic oxidation sites excluding steroid dienone is 1. The fraction of sp³-hybridized carbons (Fsp3) is 0.727. The summed E-state index contributed by atoms with van der Waals surface area (Å²) in [5, 5.41) is 8.72. The lowest BCUT2D eigenvalue weighted by Crippen LogP contribution is -2.17. The summed E-state index contributed by atoms with van der Waals surface area (Å²) in [6.07, 6.45) is 7.98. The highest BCUT2D eigenvalue weighted by Gasteiger charge is 2.24. The van der Waals surface area contributed by atoms with Crippen LogP contribution in [0.25, 0.3) is 0 Å². The zero-order chi connectivity index (χ0) is 9.10. The van der Waals surface area contributed by atoms with Crippen molar-refractivity contribution in [3.63, 3.8) is 0 Å². The zero-order valence-corrected chi connectivity index (χ0v) is 7.83. The summed E-state index contributed by atoms with van der Waals surface area (Å²) in [7, 11) is 0. The number of rotatable bonds is 3. The van der Waals surface area contributed by atoms with Crippen molar-refractivity contribution in [1.82, 2.24) is 0 Å². The summed E-state index contributed by atoms with van der Waals surface area (Å²) < 4.78 is 5.75. The van der Waals surface area contributed by atoms with Crippen molar-refractivity contribution in [3.05, 3.63) is 11.6 Å². The lowest BCUT2D eigenvalue weighted by molar-refractivity contribution is 0.0392. The molecule has 13 heavy (non-hydrogen) atoms. The summed E-state index contributed by atoms with van der Waals surface area (Å²) in [5.74, 6) is 0.830. The summed E-state index contributed by atoms with van der Waals surface area (Å²) in [4.78, 5) is 0. The number of hydrogen-bond acceptors (Lipinski definition) is 2. The molecule has 0 aromatic heterocycles. The third-order valence-electron chi connectivity index (χ3n) is 2.74. The lowest BCUT2D eigenvalue weighted by Gasteiger charge is -2.20. The topological polar surface area (TPSA) is 33.0 Å². The molecule has 0 aliphatic heterocycles. The van der Waals surface area contributed by atoms with E-state index in [2.05, 4.69) is 6.07 Å². The molecule has 0 amide bonds. The van der Waals surface area contributed by atoms with Gasteiger partial charge in [0.2, 0.25) is 0 Å². The maximum absolute atomic E-state index is 8.72. The van der Waals surface area contributed by atoms with Gasteiger partial charge >= 0.3 is 0 Å². The SMILES string of the molecule is N#CC1=CCC[C@H](OCC2CC2)C1. The largest absolute Gasteiger partial charge is 0.378 e. The number of hydrogen-bond donors (Lipinski definition) is 0. The van der Waals surface area contributed by atoms with E-state index in [-0.39, 0.29) is 0 Å². The normalized spacial score (nSPS) is 27.9. The van der Waals surface area contributed by atoms with Crippen molar-refractivity contribution in [2.75, 3.05) is 6.61 Å². The molecule has 0 unspecified atom stereocenters. The van der Waals surface area contributed by atoms with Crippen LogP contribution in [0.3, 0.4) is 0 Å². The summed E-state index contributed by atoms with van der Waals surface area (Å²) in [6.45, 7) is 0.920. The molecule has 0 spiro atoms. The smallest absolute Gasteiger partial charge is 0.0944 e. The second-order valence-corrected chi connectivity index (χ2v) is 4.02. The Hall–Kier alpha value is -0.810. The van der Waals surface area contributed by atoms with Crippen molar-refractivity contribution in [3.8, 4) is 6.07 Å². The molecular formula is C11H15NO. The van der Waals surface area contributed by atoms with E-state index in [9.17, 15) is 0 Å². The zero-order valence-electron chi connectivity index (χ0n) is 7.83. The van der Waals surface area contributed by atoms with Gasteiger partial charge in [-0.25, -0.2) is 0 Å². The van der Waals surface area contributed by atoms with Gasteiger partial charge in [-0.3, -0.25) is 0 Å². The average Bonchev–Trinajstić information content (AvgIpc) is 2.99. The van der Waals surface area contributed by atoms with E-state index < -0.39 is 0 Å². The van der Waals surface area contributed by atoms with Crippen LogP contribution < -0.4 is 0 Å². The second-order valence-electron chi connectivity index (χ2n) is 4.02. The maximum Gasteiger partial charge on any atom is 0.0944 e. The Morgan fingerprint density at radius 2 is 2.31 bits per heavy atom. The van der Waals surface area contributed by atoms with E-state index in [1.807, 2.05) is 6.08 Å². The quantitative estimate of drug-likeness (QED) is 0.663. The molecule has 70 valence electrons. The molecule has 1 saturated carbocycles. The van der Waals surface area contributed by atoms with Gasteiger partial charge in [0.1, 0.15) is 0 Å². The Kier molecular flexibility index (Phi) is 2.65. The highest BCUT2D eigenvalue weighted by atomic mass is 16.5. The van der Waals surface area contributed by atoms with Crippen LogP contribution in [0.1, 0.15) is 32.1 Å². The van der Waals surface area contributed by atoms with Crippen LogP contribution in [0.15, 0.2) is 11.6 Å². The van der Waals surface area contributed by atoms with Crippen molar-refractivity contribution < 1.29 is 4.74 Å². The molecule has 0 bridgehead atoms. The van der Waals surface area contributed by atoms with Gasteiger partial charge in [0.15, 0.2) is 0 Å². The molecule has 0 radical (unpaired) electrons. The predicted octanol–water partition coefficient (Wildman–Crippen LogP) is 2.42.